The van der Waals surface area contributed by atoms with E-state index in [2.05, 4.69) is 24.8 Å². The Hall–Kier alpha value is -3.24. The van der Waals surface area contributed by atoms with E-state index >= 15 is 0 Å². The molecule has 162 valence electrons. The first kappa shape index (κ1) is 20.7. The summed E-state index contributed by atoms with van der Waals surface area (Å²) in [5, 5.41) is 1.13. The lowest BCUT2D eigenvalue weighted by molar-refractivity contribution is 0.103. The van der Waals surface area contributed by atoms with Crippen LogP contribution in [0.3, 0.4) is 0 Å². The zero-order chi connectivity index (χ0) is 22.2. The molecule has 32 heavy (non-hydrogen) atoms. The standard InChI is InChI=1S/C28H26FNO2/c1-18-5-4-14-30(18)19(2)26-17-32-27-13-12-22(16-25(26)27)20-8-10-21(11-9-20)28(31)23-6-3-7-24(29)15-23/h3,6-13,15-19H,4-5,14H2,1-2H3/t18-,19?/m1/s1. The third-order valence-electron chi connectivity index (χ3n) is 6.72. The lowest BCUT2D eigenvalue weighted by Gasteiger charge is -2.28. The molecule has 1 aliphatic rings. The summed E-state index contributed by atoms with van der Waals surface area (Å²) in [5.41, 5.74) is 5.10. The van der Waals surface area contributed by atoms with Crippen LogP contribution in [0.4, 0.5) is 4.39 Å². The second-order valence-electron chi connectivity index (χ2n) is 8.72. The van der Waals surface area contributed by atoms with Gasteiger partial charge in [-0.1, -0.05) is 42.5 Å². The summed E-state index contributed by atoms with van der Waals surface area (Å²) in [6.45, 7) is 5.67. The lowest BCUT2D eigenvalue weighted by atomic mass is 9.97. The van der Waals surface area contributed by atoms with E-state index in [1.165, 1.54) is 30.5 Å². The molecule has 1 saturated heterocycles. The monoisotopic (exact) mass is 427 g/mol. The molecular weight excluding hydrogens is 401 g/mol. The van der Waals surface area contributed by atoms with Crippen LogP contribution < -0.4 is 0 Å². The second kappa shape index (κ2) is 8.36. The van der Waals surface area contributed by atoms with Gasteiger partial charge in [-0.2, -0.15) is 0 Å². The zero-order valence-corrected chi connectivity index (χ0v) is 18.3. The van der Waals surface area contributed by atoms with Gasteiger partial charge < -0.3 is 4.42 Å². The van der Waals surface area contributed by atoms with Gasteiger partial charge in [0.2, 0.25) is 0 Å². The maximum atomic E-state index is 13.5. The molecule has 0 N–H and O–H groups in total. The molecule has 0 amide bonds. The highest BCUT2D eigenvalue weighted by molar-refractivity contribution is 6.09. The summed E-state index contributed by atoms with van der Waals surface area (Å²) in [6, 6.07) is 20.4. The SMILES string of the molecule is CC(c1coc2ccc(-c3ccc(C(=O)c4cccc(F)c4)cc3)cc12)N1CCC[C@H]1C. The Kier molecular flexibility index (Phi) is 5.40. The normalized spacial score (nSPS) is 17.7. The van der Waals surface area contributed by atoms with Crippen LogP contribution in [0.5, 0.6) is 0 Å². The largest absolute Gasteiger partial charge is 0.464 e. The number of ketones is 1. The van der Waals surface area contributed by atoms with Gasteiger partial charge in [0.15, 0.2) is 5.78 Å². The van der Waals surface area contributed by atoms with E-state index < -0.39 is 5.82 Å². The van der Waals surface area contributed by atoms with Crippen LogP contribution >= 0.6 is 0 Å². The molecule has 0 spiro atoms. The van der Waals surface area contributed by atoms with E-state index in [0.29, 0.717) is 23.2 Å². The Morgan fingerprint density at radius 2 is 1.81 bits per heavy atom. The first-order chi connectivity index (χ1) is 15.5. The molecule has 4 aromatic rings. The van der Waals surface area contributed by atoms with Gasteiger partial charge in [0.05, 0.1) is 6.26 Å². The Morgan fingerprint density at radius 3 is 2.53 bits per heavy atom. The molecule has 0 radical (unpaired) electrons. The summed E-state index contributed by atoms with van der Waals surface area (Å²) in [5.74, 6) is -0.591. The summed E-state index contributed by atoms with van der Waals surface area (Å²) in [6.07, 6.45) is 4.38. The van der Waals surface area contributed by atoms with E-state index in [4.69, 9.17) is 4.42 Å². The number of rotatable bonds is 5. The van der Waals surface area contributed by atoms with Gasteiger partial charge in [0, 0.05) is 34.2 Å². The molecule has 4 heteroatoms. The zero-order valence-electron chi connectivity index (χ0n) is 18.3. The van der Waals surface area contributed by atoms with Crippen molar-refractivity contribution < 1.29 is 13.6 Å². The Balaban J connectivity index is 1.44. The molecule has 2 heterocycles. The van der Waals surface area contributed by atoms with Crippen molar-refractivity contribution in [3.05, 3.63) is 95.5 Å². The fourth-order valence-corrected chi connectivity index (χ4v) is 4.87. The van der Waals surface area contributed by atoms with Crippen LogP contribution in [-0.4, -0.2) is 23.3 Å². The number of fused-ring (bicyclic) bond motifs is 1. The number of halogens is 1. The maximum absolute atomic E-state index is 13.5. The fraction of sp³-hybridized carbons (Fsp3) is 0.250. The van der Waals surface area contributed by atoms with Crippen molar-refractivity contribution in [3.63, 3.8) is 0 Å². The van der Waals surface area contributed by atoms with E-state index in [-0.39, 0.29) is 5.78 Å². The van der Waals surface area contributed by atoms with E-state index in [1.54, 1.807) is 24.3 Å². The summed E-state index contributed by atoms with van der Waals surface area (Å²) >= 11 is 0. The molecule has 0 saturated carbocycles. The van der Waals surface area contributed by atoms with Crippen LogP contribution in [0, 0.1) is 5.82 Å². The van der Waals surface area contributed by atoms with Crippen LogP contribution in [0.25, 0.3) is 22.1 Å². The molecule has 1 unspecified atom stereocenters. The van der Waals surface area contributed by atoms with Gasteiger partial charge in [-0.3, -0.25) is 9.69 Å². The van der Waals surface area contributed by atoms with Crippen molar-refractivity contribution >= 4 is 16.8 Å². The predicted molar refractivity (Wildman–Crippen MR) is 125 cm³/mol. The van der Waals surface area contributed by atoms with Crippen molar-refractivity contribution in [2.24, 2.45) is 0 Å². The third kappa shape index (κ3) is 3.76. The van der Waals surface area contributed by atoms with Crippen LogP contribution in [0.2, 0.25) is 0 Å². The van der Waals surface area contributed by atoms with Gasteiger partial charge >= 0.3 is 0 Å². The van der Waals surface area contributed by atoms with Crippen molar-refractivity contribution in [2.45, 2.75) is 38.8 Å². The number of nitrogens with zero attached hydrogens (tertiary/aromatic N) is 1. The van der Waals surface area contributed by atoms with Gasteiger partial charge in [-0.25, -0.2) is 4.39 Å². The molecule has 3 aromatic carbocycles. The Bertz CT molecular complexity index is 1270. The third-order valence-corrected chi connectivity index (χ3v) is 6.72. The molecule has 5 rings (SSSR count). The first-order valence-corrected chi connectivity index (χ1v) is 11.2. The summed E-state index contributed by atoms with van der Waals surface area (Å²) < 4.78 is 19.3. The van der Waals surface area contributed by atoms with Crippen LogP contribution in [0.15, 0.2) is 77.4 Å². The van der Waals surface area contributed by atoms with Gasteiger partial charge in [-0.05, 0) is 68.6 Å². The lowest BCUT2D eigenvalue weighted by Crippen LogP contribution is -2.29. The van der Waals surface area contributed by atoms with Crippen molar-refractivity contribution in [1.29, 1.82) is 0 Å². The fourth-order valence-electron chi connectivity index (χ4n) is 4.87. The Labute approximate surface area is 187 Å². The summed E-state index contributed by atoms with van der Waals surface area (Å²) in [4.78, 5) is 15.2. The molecular formula is C28H26FNO2. The predicted octanol–water partition coefficient (Wildman–Crippen LogP) is 7.02. The number of benzene rings is 3. The van der Waals surface area contributed by atoms with Crippen LogP contribution in [-0.2, 0) is 0 Å². The number of hydrogen-bond donors (Lipinski definition) is 0. The van der Waals surface area contributed by atoms with Gasteiger partial charge in [-0.15, -0.1) is 0 Å². The highest BCUT2D eigenvalue weighted by atomic mass is 19.1. The molecule has 3 nitrogen and oxygen atoms in total. The second-order valence-corrected chi connectivity index (χ2v) is 8.72. The average Bonchev–Trinajstić information content (AvgIpc) is 3.44. The smallest absolute Gasteiger partial charge is 0.193 e. The Morgan fingerprint density at radius 1 is 1.03 bits per heavy atom. The van der Waals surface area contributed by atoms with Gasteiger partial charge in [0.25, 0.3) is 0 Å². The molecule has 0 bridgehead atoms. The van der Waals surface area contributed by atoms with Crippen molar-refractivity contribution in [3.8, 4) is 11.1 Å². The highest BCUT2D eigenvalue weighted by Gasteiger charge is 2.27. The first-order valence-electron chi connectivity index (χ1n) is 11.2. The summed E-state index contributed by atoms with van der Waals surface area (Å²) in [7, 11) is 0. The molecule has 1 fully saturated rings. The number of carbonyl (C=O) groups excluding carboxylic acids is 1. The minimum atomic E-state index is -0.408. The topological polar surface area (TPSA) is 33.5 Å². The quantitative estimate of drug-likeness (QED) is 0.321. The number of carbonyl (C=O) groups is 1. The molecule has 0 aliphatic carbocycles. The van der Waals surface area contributed by atoms with E-state index in [9.17, 15) is 9.18 Å². The van der Waals surface area contributed by atoms with Gasteiger partial charge in [0.1, 0.15) is 11.4 Å². The highest BCUT2D eigenvalue weighted by Crippen LogP contribution is 2.36. The average molecular weight is 428 g/mol. The van der Waals surface area contributed by atoms with Crippen molar-refractivity contribution in [2.75, 3.05) is 6.54 Å². The minimum Gasteiger partial charge on any atom is -0.464 e. The maximum Gasteiger partial charge on any atom is 0.193 e. The van der Waals surface area contributed by atoms with E-state index in [0.717, 1.165) is 28.6 Å². The number of likely N-dealkylation sites (tertiary alicyclic amines) is 1. The van der Waals surface area contributed by atoms with Crippen molar-refractivity contribution in [1.82, 2.24) is 4.90 Å². The van der Waals surface area contributed by atoms with Crippen LogP contribution in [0.1, 0.15) is 54.2 Å². The molecule has 2 atom stereocenters. The van der Waals surface area contributed by atoms with E-state index in [1.807, 2.05) is 30.5 Å². The minimum absolute atomic E-state index is 0.183. The number of furan rings is 1. The number of hydrogen-bond acceptors (Lipinski definition) is 3. The molecule has 1 aliphatic heterocycles. The molecule has 1 aromatic heterocycles.